The standard InChI is InChI=1S/C8H14/c1-5-6-8(4)7(2)3/h5,8H,1-2,6H2,3-4H3/t8-/m0/s1. The van der Waals surface area contributed by atoms with Gasteiger partial charge in [0.15, 0.2) is 0 Å². The second kappa shape index (κ2) is 3.48. The molecule has 0 aliphatic heterocycles. The van der Waals surface area contributed by atoms with Crippen LogP contribution in [-0.2, 0) is 0 Å². The minimum Gasteiger partial charge on any atom is -0.103 e. The number of rotatable bonds is 3. The Morgan fingerprint density at radius 3 is 2.38 bits per heavy atom. The fourth-order valence-corrected chi connectivity index (χ4v) is 0.451. The molecule has 0 amide bonds. The van der Waals surface area contributed by atoms with Gasteiger partial charge in [-0.05, 0) is 19.3 Å². The summed E-state index contributed by atoms with van der Waals surface area (Å²) in [4.78, 5) is 0. The van der Waals surface area contributed by atoms with Gasteiger partial charge in [0.2, 0.25) is 0 Å². The minimum absolute atomic E-state index is 0.604. The van der Waals surface area contributed by atoms with Crippen molar-refractivity contribution in [1.82, 2.24) is 0 Å². The van der Waals surface area contributed by atoms with Gasteiger partial charge in [0, 0.05) is 0 Å². The van der Waals surface area contributed by atoms with Crippen LogP contribution >= 0.6 is 0 Å². The summed E-state index contributed by atoms with van der Waals surface area (Å²) >= 11 is 0. The summed E-state index contributed by atoms with van der Waals surface area (Å²) in [6.45, 7) is 11.7. The van der Waals surface area contributed by atoms with Crippen LogP contribution in [0.5, 0.6) is 0 Å². The summed E-state index contributed by atoms with van der Waals surface area (Å²) < 4.78 is 0. The zero-order valence-electron chi connectivity index (χ0n) is 5.78. The van der Waals surface area contributed by atoms with E-state index in [2.05, 4.69) is 20.1 Å². The molecule has 0 bridgehead atoms. The SMILES string of the molecule is C=CC[C@H](C)C(=C)C. The zero-order chi connectivity index (χ0) is 6.57. The van der Waals surface area contributed by atoms with Crippen molar-refractivity contribution in [3.05, 3.63) is 24.8 Å². The molecule has 0 fully saturated rings. The summed E-state index contributed by atoms with van der Waals surface area (Å²) in [7, 11) is 0. The molecular formula is C8H14. The highest BCUT2D eigenvalue weighted by molar-refractivity contribution is 4.96. The van der Waals surface area contributed by atoms with E-state index in [1.54, 1.807) is 0 Å². The Kier molecular flexibility index (Phi) is 3.25. The van der Waals surface area contributed by atoms with E-state index in [1.165, 1.54) is 5.57 Å². The second-order valence-electron chi connectivity index (χ2n) is 2.27. The maximum Gasteiger partial charge on any atom is -0.0203 e. The Balaban J connectivity index is 3.46. The van der Waals surface area contributed by atoms with E-state index in [4.69, 9.17) is 0 Å². The van der Waals surface area contributed by atoms with E-state index in [9.17, 15) is 0 Å². The van der Waals surface area contributed by atoms with Crippen molar-refractivity contribution in [2.24, 2.45) is 5.92 Å². The molecule has 0 aromatic rings. The fraction of sp³-hybridized carbons (Fsp3) is 0.500. The molecule has 0 aliphatic carbocycles. The van der Waals surface area contributed by atoms with Crippen molar-refractivity contribution < 1.29 is 0 Å². The van der Waals surface area contributed by atoms with Crippen molar-refractivity contribution >= 4 is 0 Å². The van der Waals surface area contributed by atoms with Crippen LogP contribution in [0.3, 0.4) is 0 Å². The van der Waals surface area contributed by atoms with Crippen LogP contribution in [0.15, 0.2) is 24.8 Å². The van der Waals surface area contributed by atoms with Gasteiger partial charge in [-0.2, -0.15) is 0 Å². The molecule has 0 aromatic carbocycles. The van der Waals surface area contributed by atoms with Crippen LogP contribution in [0.1, 0.15) is 20.3 Å². The lowest BCUT2D eigenvalue weighted by Gasteiger charge is -2.05. The van der Waals surface area contributed by atoms with E-state index in [0.29, 0.717) is 5.92 Å². The van der Waals surface area contributed by atoms with Gasteiger partial charge in [-0.25, -0.2) is 0 Å². The Labute approximate surface area is 51.9 Å². The smallest absolute Gasteiger partial charge is 0.0203 e. The van der Waals surface area contributed by atoms with E-state index < -0.39 is 0 Å². The highest BCUT2D eigenvalue weighted by atomic mass is 14.0. The van der Waals surface area contributed by atoms with Gasteiger partial charge in [-0.1, -0.05) is 25.2 Å². The van der Waals surface area contributed by atoms with Crippen LogP contribution in [0.4, 0.5) is 0 Å². The third-order valence-electron chi connectivity index (χ3n) is 1.36. The third kappa shape index (κ3) is 2.62. The molecule has 0 saturated carbocycles. The largest absolute Gasteiger partial charge is 0.103 e. The van der Waals surface area contributed by atoms with E-state index in [-0.39, 0.29) is 0 Å². The number of allylic oxidation sites excluding steroid dienone is 2. The fourth-order valence-electron chi connectivity index (χ4n) is 0.451. The molecule has 0 radical (unpaired) electrons. The van der Waals surface area contributed by atoms with Crippen molar-refractivity contribution in [3.8, 4) is 0 Å². The molecule has 0 N–H and O–H groups in total. The van der Waals surface area contributed by atoms with Gasteiger partial charge >= 0.3 is 0 Å². The van der Waals surface area contributed by atoms with Gasteiger partial charge in [-0.3, -0.25) is 0 Å². The Hall–Kier alpha value is -0.520. The summed E-state index contributed by atoms with van der Waals surface area (Å²) in [6, 6.07) is 0. The molecule has 0 rings (SSSR count). The maximum absolute atomic E-state index is 3.83. The second-order valence-corrected chi connectivity index (χ2v) is 2.27. The van der Waals surface area contributed by atoms with Crippen molar-refractivity contribution in [2.45, 2.75) is 20.3 Å². The highest BCUT2D eigenvalue weighted by Gasteiger charge is 1.96. The van der Waals surface area contributed by atoms with Gasteiger partial charge in [0.05, 0.1) is 0 Å². The predicted octanol–water partition coefficient (Wildman–Crippen LogP) is 2.77. The molecule has 8 heavy (non-hydrogen) atoms. The predicted molar refractivity (Wildman–Crippen MR) is 38.8 cm³/mol. The monoisotopic (exact) mass is 110 g/mol. The van der Waals surface area contributed by atoms with Crippen LogP contribution in [0, 0.1) is 5.92 Å². The zero-order valence-corrected chi connectivity index (χ0v) is 5.78. The summed E-state index contributed by atoms with van der Waals surface area (Å²) in [5.41, 5.74) is 1.24. The highest BCUT2D eigenvalue weighted by Crippen LogP contribution is 2.10. The first kappa shape index (κ1) is 7.48. The van der Waals surface area contributed by atoms with E-state index in [1.807, 2.05) is 13.0 Å². The topological polar surface area (TPSA) is 0 Å². The quantitative estimate of drug-likeness (QED) is 0.490. The lowest BCUT2D eigenvalue weighted by molar-refractivity contribution is 0.699. The molecule has 0 aromatic heterocycles. The van der Waals surface area contributed by atoms with Gasteiger partial charge in [0.25, 0.3) is 0 Å². The van der Waals surface area contributed by atoms with Crippen molar-refractivity contribution in [1.29, 1.82) is 0 Å². The Morgan fingerprint density at radius 1 is 1.75 bits per heavy atom. The van der Waals surface area contributed by atoms with E-state index in [0.717, 1.165) is 6.42 Å². The molecule has 0 unspecified atom stereocenters. The van der Waals surface area contributed by atoms with Crippen LogP contribution in [-0.4, -0.2) is 0 Å². The Morgan fingerprint density at radius 2 is 2.25 bits per heavy atom. The molecule has 0 heterocycles. The molecule has 46 valence electrons. The lowest BCUT2D eigenvalue weighted by atomic mass is 10.0. The number of hydrogen-bond acceptors (Lipinski definition) is 0. The average Bonchev–Trinajstić information content (AvgIpc) is 1.67. The summed E-state index contributed by atoms with van der Waals surface area (Å²) in [6.07, 6.45) is 2.98. The average molecular weight is 110 g/mol. The first-order chi connectivity index (χ1) is 3.68. The molecular weight excluding hydrogens is 96.1 g/mol. The van der Waals surface area contributed by atoms with Gasteiger partial charge < -0.3 is 0 Å². The first-order valence-corrected chi connectivity index (χ1v) is 2.94. The third-order valence-corrected chi connectivity index (χ3v) is 1.36. The minimum atomic E-state index is 0.604. The van der Waals surface area contributed by atoms with Crippen LogP contribution < -0.4 is 0 Å². The molecule has 1 atom stereocenters. The van der Waals surface area contributed by atoms with E-state index >= 15 is 0 Å². The molecule has 0 spiro atoms. The summed E-state index contributed by atoms with van der Waals surface area (Å²) in [5.74, 6) is 0.604. The normalized spacial score (nSPS) is 12.8. The summed E-state index contributed by atoms with van der Waals surface area (Å²) in [5, 5.41) is 0. The molecule has 0 aliphatic rings. The number of hydrogen-bond donors (Lipinski definition) is 0. The molecule has 0 saturated heterocycles. The van der Waals surface area contributed by atoms with Gasteiger partial charge in [0.1, 0.15) is 0 Å². The van der Waals surface area contributed by atoms with Crippen LogP contribution in [0.2, 0.25) is 0 Å². The van der Waals surface area contributed by atoms with Crippen molar-refractivity contribution in [2.75, 3.05) is 0 Å². The van der Waals surface area contributed by atoms with Crippen molar-refractivity contribution in [3.63, 3.8) is 0 Å². The van der Waals surface area contributed by atoms with Crippen LogP contribution in [0.25, 0.3) is 0 Å². The first-order valence-electron chi connectivity index (χ1n) is 2.94. The van der Waals surface area contributed by atoms with Gasteiger partial charge in [-0.15, -0.1) is 6.58 Å². The molecule has 0 heteroatoms. The maximum atomic E-state index is 3.83. The molecule has 0 nitrogen and oxygen atoms in total. The Bertz CT molecular complexity index is 90.2. The lowest BCUT2D eigenvalue weighted by Crippen LogP contribution is -1.90.